The number of nitrogens with zero attached hydrogens (tertiary/aromatic N) is 2. The fraction of sp³-hybridized carbons (Fsp3) is 0.308. The Morgan fingerprint density at radius 1 is 1.30 bits per heavy atom. The smallest absolute Gasteiger partial charge is 0.326 e. The summed E-state index contributed by atoms with van der Waals surface area (Å²) in [5.41, 5.74) is -0.416. The Morgan fingerprint density at radius 3 is 2.60 bits per heavy atom. The second-order valence-electron chi connectivity index (χ2n) is 4.31. The lowest BCUT2D eigenvalue weighted by Gasteiger charge is -2.12. The van der Waals surface area contributed by atoms with E-state index in [0.717, 1.165) is 17.8 Å². The first-order valence-corrected chi connectivity index (χ1v) is 5.98. The predicted molar refractivity (Wildman–Crippen MR) is 67.3 cm³/mol. The van der Waals surface area contributed by atoms with Gasteiger partial charge in [0.1, 0.15) is 5.82 Å². The highest BCUT2D eigenvalue weighted by Gasteiger charge is 2.34. The highest BCUT2D eigenvalue weighted by molar-refractivity contribution is 5.55. The van der Waals surface area contributed by atoms with Gasteiger partial charge < -0.3 is 9.88 Å². The van der Waals surface area contributed by atoms with Gasteiger partial charge in [0, 0.05) is 18.4 Å². The Hall–Kier alpha value is -2.05. The minimum atomic E-state index is -4.72. The molecule has 7 heteroatoms. The molecule has 0 radical (unpaired) electrons. The number of aryl methyl sites for hydroxylation is 2. The van der Waals surface area contributed by atoms with Crippen LogP contribution in [0.3, 0.4) is 0 Å². The second kappa shape index (κ2) is 5.15. The normalized spacial score (nSPS) is 11.7. The van der Waals surface area contributed by atoms with E-state index < -0.39 is 17.6 Å². The van der Waals surface area contributed by atoms with Crippen LogP contribution >= 0.6 is 0 Å². The van der Waals surface area contributed by atoms with Crippen LogP contribution in [0.5, 0.6) is 0 Å². The highest BCUT2D eigenvalue weighted by Crippen LogP contribution is 2.33. The molecule has 0 aliphatic carbocycles. The van der Waals surface area contributed by atoms with Crippen molar-refractivity contribution in [3.63, 3.8) is 0 Å². The van der Waals surface area contributed by atoms with E-state index in [9.17, 15) is 17.6 Å². The Balaban J connectivity index is 2.35. The Bertz CT molecular complexity index is 617. The van der Waals surface area contributed by atoms with Crippen LogP contribution in [-0.2, 0) is 12.7 Å². The summed E-state index contributed by atoms with van der Waals surface area (Å²) in [6.45, 7) is 4.29. The molecule has 0 unspecified atom stereocenters. The van der Waals surface area contributed by atoms with Crippen LogP contribution in [0, 0.1) is 12.7 Å². The number of halogens is 4. The first-order chi connectivity index (χ1) is 9.31. The van der Waals surface area contributed by atoms with Crippen molar-refractivity contribution in [1.82, 2.24) is 9.55 Å². The molecule has 0 saturated heterocycles. The average Bonchev–Trinajstić information content (AvgIpc) is 2.70. The van der Waals surface area contributed by atoms with Gasteiger partial charge in [0.05, 0.1) is 11.3 Å². The number of benzene rings is 1. The number of aromatic nitrogens is 2. The van der Waals surface area contributed by atoms with Gasteiger partial charge >= 0.3 is 6.18 Å². The van der Waals surface area contributed by atoms with Crippen molar-refractivity contribution in [2.45, 2.75) is 26.6 Å². The lowest BCUT2D eigenvalue weighted by molar-refractivity contribution is -0.139. The summed E-state index contributed by atoms with van der Waals surface area (Å²) >= 11 is 0. The molecule has 2 aromatic rings. The van der Waals surface area contributed by atoms with Crippen LogP contribution in [-0.4, -0.2) is 9.55 Å². The number of nitrogens with one attached hydrogen (secondary N) is 1. The topological polar surface area (TPSA) is 29.9 Å². The third kappa shape index (κ3) is 2.92. The van der Waals surface area contributed by atoms with E-state index in [-0.39, 0.29) is 5.69 Å². The zero-order valence-corrected chi connectivity index (χ0v) is 10.9. The molecule has 1 N–H and O–H groups in total. The first-order valence-electron chi connectivity index (χ1n) is 5.98. The summed E-state index contributed by atoms with van der Waals surface area (Å²) in [4.78, 5) is 4.17. The van der Waals surface area contributed by atoms with Gasteiger partial charge in [-0.05, 0) is 32.0 Å². The lowest BCUT2D eigenvalue weighted by Crippen LogP contribution is -2.09. The molecule has 0 saturated carbocycles. The molecule has 0 aliphatic heterocycles. The van der Waals surface area contributed by atoms with Crippen LogP contribution in [0.25, 0.3) is 0 Å². The molecule has 20 heavy (non-hydrogen) atoms. The number of alkyl halides is 3. The maximum Gasteiger partial charge on any atom is 0.419 e. The summed E-state index contributed by atoms with van der Waals surface area (Å²) in [6, 6.07) is 2.77. The highest BCUT2D eigenvalue weighted by atomic mass is 19.4. The summed E-state index contributed by atoms with van der Waals surface area (Å²) in [7, 11) is 0. The van der Waals surface area contributed by atoms with Crippen molar-refractivity contribution in [2.75, 3.05) is 5.32 Å². The molecule has 2 rings (SSSR count). The van der Waals surface area contributed by atoms with Gasteiger partial charge in [0.25, 0.3) is 0 Å². The van der Waals surface area contributed by atoms with E-state index in [2.05, 4.69) is 10.3 Å². The first kappa shape index (κ1) is 14.4. The van der Waals surface area contributed by atoms with Gasteiger partial charge in [-0.3, -0.25) is 0 Å². The van der Waals surface area contributed by atoms with Crippen molar-refractivity contribution in [2.24, 2.45) is 0 Å². The summed E-state index contributed by atoms with van der Waals surface area (Å²) < 4.78 is 52.8. The van der Waals surface area contributed by atoms with E-state index in [0.29, 0.717) is 12.5 Å². The maximum absolute atomic E-state index is 13.2. The van der Waals surface area contributed by atoms with Crippen LogP contribution in [0.4, 0.5) is 29.2 Å². The number of hydrogen-bond donors (Lipinski definition) is 1. The minimum absolute atomic E-state index is 0.138. The van der Waals surface area contributed by atoms with Gasteiger partial charge in [-0.25, -0.2) is 9.37 Å². The fourth-order valence-electron chi connectivity index (χ4n) is 1.84. The predicted octanol–water partition coefficient (Wildman–Crippen LogP) is 4.11. The lowest BCUT2D eigenvalue weighted by atomic mass is 10.2. The molecule has 0 fully saturated rings. The molecule has 1 heterocycles. The number of rotatable bonds is 3. The zero-order chi connectivity index (χ0) is 14.9. The Kier molecular flexibility index (Phi) is 3.69. The quantitative estimate of drug-likeness (QED) is 0.861. The number of hydrogen-bond acceptors (Lipinski definition) is 2. The van der Waals surface area contributed by atoms with Crippen molar-refractivity contribution in [3.8, 4) is 0 Å². The third-order valence-electron chi connectivity index (χ3n) is 2.77. The molecule has 108 valence electrons. The number of anilines is 2. The molecule has 3 nitrogen and oxygen atoms in total. The maximum atomic E-state index is 13.2. The SMILES string of the molecule is CCn1cc(C)nc1Nc1ccc(F)c(C(F)(F)F)c1. The van der Waals surface area contributed by atoms with Crippen LogP contribution in [0.2, 0.25) is 0 Å². The Morgan fingerprint density at radius 2 is 2.00 bits per heavy atom. The van der Waals surface area contributed by atoms with E-state index in [1.165, 1.54) is 6.07 Å². The third-order valence-corrected chi connectivity index (χ3v) is 2.77. The van der Waals surface area contributed by atoms with Gasteiger partial charge in [-0.15, -0.1) is 0 Å². The van der Waals surface area contributed by atoms with E-state index in [1.807, 2.05) is 6.92 Å². The van der Waals surface area contributed by atoms with Crippen molar-refractivity contribution in [3.05, 3.63) is 41.5 Å². The van der Waals surface area contributed by atoms with E-state index >= 15 is 0 Å². The summed E-state index contributed by atoms with van der Waals surface area (Å²) in [5.74, 6) is -0.872. The number of imidazole rings is 1. The molecule has 0 spiro atoms. The van der Waals surface area contributed by atoms with Gasteiger partial charge in [-0.2, -0.15) is 13.2 Å². The Labute approximate surface area is 113 Å². The van der Waals surface area contributed by atoms with Crippen LogP contribution in [0.15, 0.2) is 24.4 Å². The largest absolute Gasteiger partial charge is 0.419 e. The molecule has 1 aromatic carbocycles. The van der Waals surface area contributed by atoms with Crippen LogP contribution < -0.4 is 5.32 Å². The summed E-state index contributed by atoms with van der Waals surface area (Å²) in [5, 5.41) is 2.77. The fourth-order valence-corrected chi connectivity index (χ4v) is 1.84. The average molecular weight is 287 g/mol. The van der Waals surface area contributed by atoms with Gasteiger partial charge in [0.15, 0.2) is 0 Å². The van der Waals surface area contributed by atoms with E-state index in [1.54, 1.807) is 17.7 Å². The molecular formula is C13H13F4N3. The van der Waals surface area contributed by atoms with Crippen molar-refractivity contribution < 1.29 is 17.6 Å². The second-order valence-corrected chi connectivity index (χ2v) is 4.31. The van der Waals surface area contributed by atoms with E-state index in [4.69, 9.17) is 0 Å². The molecule has 0 bridgehead atoms. The standard InChI is InChI=1S/C13H13F4N3/c1-3-20-7-8(2)18-12(20)19-9-4-5-11(14)10(6-9)13(15,16)17/h4-7H,3H2,1-2H3,(H,18,19). The summed E-state index contributed by atoms with van der Waals surface area (Å²) in [6.07, 6.45) is -2.95. The van der Waals surface area contributed by atoms with Crippen molar-refractivity contribution in [1.29, 1.82) is 0 Å². The molecule has 0 atom stereocenters. The monoisotopic (exact) mass is 287 g/mol. The van der Waals surface area contributed by atoms with Crippen LogP contribution in [0.1, 0.15) is 18.2 Å². The minimum Gasteiger partial charge on any atom is -0.326 e. The zero-order valence-electron chi connectivity index (χ0n) is 10.9. The van der Waals surface area contributed by atoms with Gasteiger partial charge in [-0.1, -0.05) is 0 Å². The van der Waals surface area contributed by atoms with Gasteiger partial charge in [0.2, 0.25) is 5.95 Å². The molecule has 0 amide bonds. The van der Waals surface area contributed by atoms with Crippen molar-refractivity contribution >= 4 is 11.6 Å². The molecular weight excluding hydrogens is 274 g/mol. The molecule has 1 aromatic heterocycles. The molecule has 0 aliphatic rings.